The van der Waals surface area contributed by atoms with Crippen molar-refractivity contribution in [2.75, 3.05) is 6.61 Å². The van der Waals surface area contributed by atoms with Gasteiger partial charge in [0, 0.05) is 12.7 Å². The maximum Gasteiger partial charge on any atom is 0.355 e. The SMILES string of the molecule is CCOC(=O)c1c(C)ccn1Cc1ccc(C#N)cc1. The summed E-state index contributed by atoms with van der Waals surface area (Å²) in [7, 11) is 0. The zero-order valence-electron chi connectivity index (χ0n) is 11.6. The Balaban J connectivity index is 2.25. The molecule has 4 heteroatoms. The Labute approximate surface area is 118 Å². The molecule has 0 saturated heterocycles. The predicted octanol–water partition coefficient (Wildman–Crippen LogP) is 2.89. The fraction of sp³-hybridized carbons (Fsp3) is 0.250. The minimum absolute atomic E-state index is 0.302. The van der Waals surface area contributed by atoms with Crippen LogP contribution in [0.4, 0.5) is 0 Å². The lowest BCUT2D eigenvalue weighted by atomic mass is 10.1. The van der Waals surface area contributed by atoms with Gasteiger partial charge in [0.05, 0.1) is 18.2 Å². The van der Waals surface area contributed by atoms with Gasteiger partial charge in [0.25, 0.3) is 0 Å². The Morgan fingerprint density at radius 1 is 1.30 bits per heavy atom. The summed E-state index contributed by atoms with van der Waals surface area (Å²) in [6.07, 6.45) is 1.87. The van der Waals surface area contributed by atoms with Gasteiger partial charge in [0.1, 0.15) is 5.69 Å². The van der Waals surface area contributed by atoms with Gasteiger partial charge in [-0.1, -0.05) is 12.1 Å². The Morgan fingerprint density at radius 2 is 2.00 bits per heavy atom. The van der Waals surface area contributed by atoms with E-state index < -0.39 is 0 Å². The molecule has 1 aromatic carbocycles. The van der Waals surface area contributed by atoms with Crippen LogP contribution in [0.3, 0.4) is 0 Å². The van der Waals surface area contributed by atoms with E-state index in [0.29, 0.717) is 24.4 Å². The molecule has 0 aliphatic rings. The Morgan fingerprint density at radius 3 is 2.60 bits per heavy atom. The number of aromatic nitrogens is 1. The van der Waals surface area contributed by atoms with Crippen molar-refractivity contribution < 1.29 is 9.53 Å². The summed E-state index contributed by atoms with van der Waals surface area (Å²) in [6, 6.07) is 11.3. The first-order valence-corrected chi connectivity index (χ1v) is 6.47. The van der Waals surface area contributed by atoms with Crippen LogP contribution < -0.4 is 0 Å². The van der Waals surface area contributed by atoms with Crippen LogP contribution in [0.2, 0.25) is 0 Å². The third-order valence-electron chi connectivity index (χ3n) is 3.07. The number of benzene rings is 1. The van der Waals surface area contributed by atoms with Gasteiger partial charge in [-0.2, -0.15) is 5.26 Å². The lowest BCUT2D eigenvalue weighted by Gasteiger charge is -2.10. The van der Waals surface area contributed by atoms with Crippen LogP contribution in [0.5, 0.6) is 0 Å². The van der Waals surface area contributed by atoms with Crippen molar-refractivity contribution >= 4 is 5.97 Å². The largest absolute Gasteiger partial charge is 0.461 e. The van der Waals surface area contributed by atoms with Gasteiger partial charge in [0.2, 0.25) is 0 Å². The smallest absolute Gasteiger partial charge is 0.355 e. The van der Waals surface area contributed by atoms with Crippen molar-refractivity contribution in [2.45, 2.75) is 20.4 Å². The van der Waals surface area contributed by atoms with Gasteiger partial charge < -0.3 is 9.30 Å². The van der Waals surface area contributed by atoms with Gasteiger partial charge >= 0.3 is 5.97 Å². The fourth-order valence-electron chi connectivity index (χ4n) is 2.07. The number of esters is 1. The van der Waals surface area contributed by atoms with Gasteiger partial charge in [-0.25, -0.2) is 4.79 Å². The van der Waals surface area contributed by atoms with Crippen LogP contribution in [0.15, 0.2) is 36.5 Å². The molecule has 1 aromatic heterocycles. The molecule has 4 nitrogen and oxygen atoms in total. The van der Waals surface area contributed by atoms with Crippen molar-refractivity contribution in [2.24, 2.45) is 0 Å². The minimum atomic E-state index is -0.302. The highest BCUT2D eigenvalue weighted by Crippen LogP contribution is 2.14. The first-order valence-electron chi connectivity index (χ1n) is 6.47. The quantitative estimate of drug-likeness (QED) is 0.801. The number of aryl methyl sites for hydroxylation is 1. The number of hydrogen-bond acceptors (Lipinski definition) is 3. The van der Waals surface area contributed by atoms with Crippen molar-refractivity contribution in [1.82, 2.24) is 4.57 Å². The maximum atomic E-state index is 12.0. The molecule has 0 fully saturated rings. The first-order chi connectivity index (χ1) is 9.65. The van der Waals surface area contributed by atoms with E-state index in [1.54, 1.807) is 19.1 Å². The number of carbonyl (C=O) groups is 1. The number of carbonyl (C=O) groups excluding carboxylic acids is 1. The molecule has 0 atom stereocenters. The van der Waals surface area contributed by atoms with E-state index in [9.17, 15) is 4.79 Å². The lowest BCUT2D eigenvalue weighted by molar-refractivity contribution is 0.0513. The molecule has 1 heterocycles. The Bertz CT molecular complexity index is 648. The van der Waals surface area contributed by atoms with Crippen molar-refractivity contribution in [3.8, 4) is 6.07 Å². The third-order valence-corrected chi connectivity index (χ3v) is 3.07. The molecule has 102 valence electrons. The molecule has 20 heavy (non-hydrogen) atoms. The van der Waals surface area contributed by atoms with Crippen LogP contribution in [0.25, 0.3) is 0 Å². The molecule has 0 bridgehead atoms. The molecule has 0 unspecified atom stereocenters. The van der Waals surface area contributed by atoms with E-state index in [1.165, 1.54) is 0 Å². The summed E-state index contributed by atoms with van der Waals surface area (Å²) in [5.41, 5.74) is 3.14. The zero-order chi connectivity index (χ0) is 14.5. The Kier molecular flexibility index (Phi) is 4.21. The molecule has 0 aliphatic heterocycles. The summed E-state index contributed by atoms with van der Waals surface area (Å²) < 4.78 is 6.95. The average Bonchev–Trinajstić information content (AvgIpc) is 2.81. The second kappa shape index (κ2) is 6.07. The standard InChI is InChI=1S/C16H16N2O2/c1-3-20-16(19)15-12(2)8-9-18(15)11-14-6-4-13(10-17)5-7-14/h4-9H,3,11H2,1-2H3. The number of ether oxygens (including phenoxy) is 1. The minimum Gasteiger partial charge on any atom is -0.461 e. The molecule has 0 N–H and O–H groups in total. The molecule has 2 aromatic rings. The molecule has 0 radical (unpaired) electrons. The highest BCUT2D eigenvalue weighted by Gasteiger charge is 2.15. The number of nitriles is 1. The fourth-order valence-corrected chi connectivity index (χ4v) is 2.07. The van der Waals surface area contributed by atoms with Crippen LogP contribution >= 0.6 is 0 Å². The predicted molar refractivity (Wildman–Crippen MR) is 75.4 cm³/mol. The van der Waals surface area contributed by atoms with E-state index in [4.69, 9.17) is 10.00 Å². The molecule has 2 rings (SSSR count). The summed E-state index contributed by atoms with van der Waals surface area (Å²) in [5, 5.41) is 8.78. The Hall–Kier alpha value is -2.54. The second-order valence-corrected chi connectivity index (χ2v) is 4.50. The molecule has 0 spiro atoms. The highest BCUT2D eigenvalue weighted by molar-refractivity contribution is 5.89. The number of nitrogens with zero attached hydrogens (tertiary/aromatic N) is 2. The van der Waals surface area contributed by atoms with Crippen molar-refractivity contribution in [3.63, 3.8) is 0 Å². The van der Waals surface area contributed by atoms with Crippen LogP contribution in [0.1, 0.15) is 34.1 Å². The van der Waals surface area contributed by atoms with Crippen LogP contribution in [-0.2, 0) is 11.3 Å². The normalized spacial score (nSPS) is 10.1. The number of hydrogen-bond donors (Lipinski definition) is 0. The summed E-state index contributed by atoms with van der Waals surface area (Å²) in [5.74, 6) is -0.302. The van der Waals surface area contributed by atoms with E-state index in [-0.39, 0.29) is 5.97 Å². The van der Waals surface area contributed by atoms with Crippen molar-refractivity contribution in [3.05, 3.63) is 58.9 Å². The second-order valence-electron chi connectivity index (χ2n) is 4.50. The average molecular weight is 268 g/mol. The van der Waals surface area contributed by atoms with E-state index in [1.807, 2.05) is 35.9 Å². The molecular formula is C16H16N2O2. The van der Waals surface area contributed by atoms with Gasteiger partial charge in [-0.3, -0.25) is 0 Å². The van der Waals surface area contributed by atoms with Gasteiger partial charge in [0.15, 0.2) is 0 Å². The zero-order valence-corrected chi connectivity index (χ0v) is 11.6. The van der Waals surface area contributed by atoms with E-state index in [2.05, 4.69) is 6.07 Å². The monoisotopic (exact) mass is 268 g/mol. The van der Waals surface area contributed by atoms with E-state index >= 15 is 0 Å². The molecular weight excluding hydrogens is 252 g/mol. The summed E-state index contributed by atoms with van der Waals surface area (Å²) >= 11 is 0. The lowest BCUT2D eigenvalue weighted by Crippen LogP contribution is -2.13. The van der Waals surface area contributed by atoms with Crippen molar-refractivity contribution in [1.29, 1.82) is 5.26 Å². The summed E-state index contributed by atoms with van der Waals surface area (Å²) in [6.45, 7) is 4.62. The van der Waals surface area contributed by atoms with Gasteiger partial charge in [-0.05, 0) is 43.2 Å². The third kappa shape index (κ3) is 2.89. The number of rotatable bonds is 4. The first kappa shape index (κ1) is 13.9. The highest BCUT2D eigenvalue weighted by atomic mass is 16.5. The molecule has 0 amide bonds. The molecule has 0 saturated carbocycles. The van der Waals surface area contributed by atoms with Crippen LogP contribution in [-0.4, -0.2) is 17.1 Å². The van der Waals surface area contributed by atoms with E-state index in [0.717, 1.165) is 11.1 Å². The maximum absolute atomic E-state index is 12.0. The van der Waals surface area contributed by atoms with Crippen LogP contribution in [0, 0.1) is 18.3 Å². The summed E-state index contributed by atoms with van der Waals surface area (Å²) in [4.78, 5) is 12.0. The van der Waals surface area contributed by atoms with Gasteiger partial charge in [-0.15, -0.1) is 0 Å². The molecule has 0 aliphatic carbocycles. The topological polar surface area (TPSA) is 55.0 Å².